The van der Waals surface area contributed by atoms with Crippen LogP contribution < -0.4 is 9.64 Å². The zero-order valence-electron chi connectivity index (χ0n) is 11.4. The van der Waals surface area contributed by atoms with Crippen molar-refractivity contribution in [3.63, 3.8) is 0 Å². The Balaban J connectivity index is 2.30. The van der Waals surface area contributed by atoms with E-state index in [1.54, 1.807) is 25.4 Å². The molecule has 1 heterocycles. The maximum Gasteiger partial charge on any atom is 0.143 e. The summed E-state index contributed by atoms with van der Waals surface area (Å²) in [5, 5.41) is 10.4. The molecule has 1 aromatic carbocycles. The lowest BCUT2D eigenvalue weighted by Crippen LogP contribution is -2.09. The predicted molar refractivity (Wildman–Crippen MR) is 75.6 cm³/mol. The van der Waals surface area contributed by atoms with Crippen LogP contribution in [0.15, 0.2) is 42.6 Å². The number of ether oxygens (including phenoxy) is 1. The number of aliphatic hydroxyl groups excluding tert-OH is 1. The van der Waals surface area contributed by atoms with Gasteiger partial charge in [-0.2, -0.15) is 0 Å². The van der Waals surface area contributed by atoms with Gasteiger partial charge in [0.2, 0.25) is 0 Å². The fraction of sp³-hybridized carbons (Fsp3) is 0.267. The van der Waals surface area contributed by atoms with Crippen LogP contribution in [0.3, 0.4) is 0 Å². The number of hydrogen-bond donors (Lipinski definition) is 1. The van der Waals surface area contributed by atoms with Gasteiger partial charge in [0, 0.05) is 26.0 Å². The molecule has 0 aliphatic heterocycles. The van der Waals surface area contributed by atoms with Gasteiger partial charge in [-0.3, -0.25) is 4.98 Å². The molecule has 19 heavy (non-hydrogen) atoms. The Hall–Kier alpha value is -2.07. The Morgan fingerprint density at radius 1 is 1.16 bits per heavy atom. The summed E-state index contributed by atoms with van der Waals surface area (Å²) in [7, 11) is 5.53. The zero-order chi connectivity index (χ0) is 13.8. The third-order valence-electron chi connectivity index (χ3n) is 3.00. The second kappa shape index (κ2) is 5.71. The highest BCUT2D eigenvalue weighted by atomic mass is 16.5. The second-order valence-electron chi connectivity index (χ2n) is 4.48. The first-order chi connectivity index (χ1) is 9.13. The molecular formula is C15H18N2O2. The number of methoxy groups -OCH3 is 1. The van der Waals surface area contributed by atoms with Gasteiger partial charge in [-0.15, -0.1) is 0 Å². The van der Waals surface area contributed by atoms with Crippen molar-refractivity contribution in [1.29, 1.82) is 0 Å². The van der Waals surface area contributed by atoms with Crippen LogP contribution in [0.5, 0.6) is 5.75 Å². The SMILES string of the molecule is COc1cccnc1C(O)c1ccc(N(C)C)cc1. The maximum atomic E-state index is 10.4. The Kier molecular flexibility index (Phi) is 4.02. The Labute approximate surface area is 113 Å². The van der Waals surface area contributed by atoms with Crippen molar-refractivity contribution < 1.29 is 9.84 Å². The van der Waals surface area contributed by atoms with E-state index in [0.29, 0.717) is 11.4 Å². The third kappa shape index (κ3) is 2.85. The van der Waals surface area contributed by atoms with E-state index in [4.69, 9.17) is 4.74 Å². The molecule has 0 saturated heterocycles. The van der Waals surface area contributed by atoms with Crippen molar-refractivity contribution in [1.82, 2.24) is 4.98 Å². The molecule has 0 radical (unpaired) electrons. The molecule has 4 heteroatoms. The number of aromatic nitrogens is 1. The van der Waals surface area contributed by atoms with Gasteiger partial charge in [-0.05, 0) is 29.8 Å². The molecule has 0 bridgehead atoms. The Bertz CT molecular complexity index is 538. The van der Waals surface area contributed by atoms with Gasteiger partial charge in [-0.25, -0.2) is 0 Å². The molecule has 2 rings (SSSR count). The molecule has 0 aliphatic carbocycles. The largest absolute Gasteiger partial charge is 0.495 e. The van der Waals surface area contributed by atoms with Crippen molar-refractivity contribution >= 4 is 5.69 Å². The van der Waals surface area contributed by atoms with Crippen LogP contribution in [0.1, 0.15) is 17.4 Å². The van der Waals surface area contributed by atoms with Gasteiger partial charge in [0.15, 0.2) is 0 Å². The lowest BCUT2D eigenvalue weighted by atomic mass is 10.0. The van der Waals surface area contributed by atoms with Crippen LogP contribution >= 0.6 is 0 Å². The highest BCUT2D eigenvalue weighted by Crippen LogP contribution is 2.28. The fourth-order valence-corrected chi connectivity index (χ4v) is 1.89. The quantitative estimate of drug-likeness (QED) is 0.913. The summed E-state index contributed by atoms with van der Waals surface area (Å²) in [6.07, 6.45) is 0.863. The van der Waals surface area contributed by atoms with Crippen molar-refractivity contribution in [2.45, 2.75) is 6.10 Å². The summed E-state index contributed by atoms with van der Waals surface area (Å²) < 4.78 is 5.22. The van der Waals surface area contributed by atoms with E-state index in [2.05, 4.69) is 4.98 Å². The van der Waals surface area contributed by atoms with Crippen LogP contribution in [0, 0.1) is 0 Å². The summed E-state index contributed by atoms with van der Waals surface area (Å²) in [6, 6.07) is 11.3. The molecule has 0 fully saturated rings. The second-order valence-corrected chi connectivity index (χ2v) is 4.48. The molecule has 0 saturated carbocycles. The minimum atomic E-state index is -0.785. The smallest absolute Gasteiger partial charge is 0.143 e. The molecule has 1 N–H and O–H groups in total. The topological polar surface area (TPSA) is 45.6 Å². The third-order valence-corrected chi connectivity index (χ3v) is 3.00. The van der Waals surface area contributed by atoms with E-state index < -0.39 is 6.10 Å². The molecule has 2 aromatic rings. The molecule has 0 aliphatic rings. The maximum absolute atomic E-state index is 10.4. The first kappa shape index (κ1) is 13.4. The van der Waals surface area contributed by atoms with E-state index in [9.17, 15) is 5.11 Å². The zero-order valence-corrected chi connectivity index (χ0v) is 11.4. The lowest BCUT2D eigenvalue weighted by Gasteiger charge is -2.16. The van der Waals surface area contributed by atoms with Crippen LogP contribution in [-0.4, -0.2) is 31.3 Å². The van der Waals surface area contributed by atoms with Gasteiger partial charge in [0.1, 0.15) is 17.5 Å². The lowest BCUT2D eigenvalue weighted by molar-refractivity contribution is 0.209. The minimum absolute atomic E-state index is 0.530. The standard InChI is InChI=1S/C15H18N2O2/c1-17(2)12-8-6-11(7-9-12)15(18)14-13(19-3)5-4-10-16-14/h4-10,15,18H,1-3H3. The number of hydrogen-bond acceptors (Lipinski definition) is 4. The molecular weight excluding hydrogens is 240 g/mol. The summed E-state index contributed by atoms with van der Waals surface area (Å²) in [5.41, 5.74) is 2.41. The Morgan fingerprint density at radius 2 is 1.84 bits per heavy atom. The Morgan fingerprint density at radius 3 is 2.42 bits per heavy atom. The van der Waals surface area contributed by atoms with Crippen LogP contribution in [0.4, 0.5) is 5.69 Å². The minimum Gasteiger partial charge on any atom is -0.495 e. The monoisotopic (exact) mass is 258 g/mol. The highest BCUT2D eigenvalue weighted by molar-refractivity contribution is 5.47. The summed E-state index contributed by atoms with van der Waals surface area (Å²) in [5.74, 6) is 0.590. The average Bonchev–Trinajstić information content (AvgIpc) is 2.46. The van der Waals surface area contributed by atoms with E-state index in [-0.39, 0.29) is 0 Å². The number of nitrogens with zero attached hydrogens (tertiary/aromatic N) is 2. The predicted octanol–water partition coefficient (Wildman–Crippen LogP) is 2.24. The molecule has 4 nitrogen and oxygen atoms in total. The highest BCUT2D eigenvalue weighted by Gasteiger charge is 2.16. The van der Waals surface area contributed by atoms with E-state index in [1.165, 1.54) is 0 Å². The van der Waals surface area contributed by atoms with Crippen molar-refractivity contribution in [3.05, 3.63) is 53.9 Å². The summed E-state index contributed by atoms with van der Waals surface area (Å²) in [6.45, 7) is 0. The average molecular weight is 258 g/mol. The van der Waals surface area contributed by atoms with Gasteiger partial charge >= 0.3 is 0 Å². The van der Waals surface area contributed by atoms with Gasteiger partial charge < -0.3 is 14.7 Å². The van der Waals surface area contributed by atoms with Gasteiger partial charge in [0.05, 0.1) is 7.11 Å². The fourth-order valence-electron chi connectivity index (χ4n) is 1.89. The van der Waals surface area contributed by atoms with Crippen LogP contribution in [0.25, 0.3) is 0 Å². The normalized spacial score (nSPS) is 12.0. The first-order valence-corrected chi connectivity index (χ1v) is 6.07. The van der Waals surface area contributed by atoms with Gasteiger partial charge in [0.25, 0.3) is 0 Å². The van der Waals surface area contributed by atoms with Crippen molar-refractivity contribution in [3.8, 4) is 5.75 Å². The number of pyridine rings is 1. The molecule has 100 valence electrons. The van der Waals surface area contributed by atoms with E-state index in [1.807, 2.05) is 43.3 Å². The molecule has 1 atom stereocenters. The van der Waals surface area contributed by atoms with E-state index in [0.717, 1.165) is 11.3 Å². The van der Waals surface area contributed by atoms with Crippen molar-refractivity contribution in [2.24, 2.45) is 0 Å². The molecule has 0 spiro atoms. The van der Waals surface area contributed by atoms with Gasteiger partial charge in [-0.1, -0.05) is 12.1 Å². The molecule has 1 unspecified atom stereocenters. The number of anilines is 1. The molecule has 0 amide bonds. The summed E-state index contributed by atoms with van der Waals surface area (Å²) in [4.78, 5) is 6.21. The van der Waals surface area contributed by atoms with Crippen molar-refractivity contribution in [2.75, 3.05) is 26.1 Å². The van der Waals surface area contributed by atoms with Crippen LogP contribution in [-0.2, 0) is 0 Å². The molecule has 1 aromatic heterocycles. The number of benzene rings is 1. The first-order valence-electron chi connectivity index (χ1n) is 6.07. The van der Waals surface area contributed by atoms with Crippen LogP contribution in [0.2, 0.25) is 0 Å². The van der Waals surface area contributed by atoms with E-state index >= 15 is 0 Å². The number of rotatable bonds is 4. The summed E-state index contributed by atoms with van der Waals surface area (Å²) >= 11 is 0. The number of aliphatic hydroxyl groups is 1.